The van der Waals surface area contributed by atoms with Crippen LogP contribution in [0, 0.1) is 0 Å². The molecular formula is C16H20O3. The quantitative estimate of drug-likeness (QED) is 0.646. The molecule has 0 saturated heterocycles. The number of aliphatic carboxylic acids is 1. The van der Waals surface area contributed by atoms with Crippen molar-refractivity contribution in [2.45, 2.75) is 26.7 Å². The van der Waals surface area contributed by atoms with Crippen LogP contribution in [0.25, 0.3) is 5.57 Å². The van der Waals surface area contributed by atoms with E-state index in [2.05, 4.69) is 19.9 Å². The number of methoxy groups -OCH3 is 1. The third-order valence-corrected chi connectivity index (χ3v) is 2.90. The van der Waals surface area contributed by atoms with E-state index < -0.39 is 5.97 Å². The average Bonchev–Trinajstić information content (AvgIpc) is 2.37. The van der Waals surface area contributed by atoms with Gasteiger partial charge in [0, 0.05) is 11.6 Å². The van der Waals surface area contributed by atoms with E-state index in [0.29, 0.717) is 5.92 Å². The number of allylic oxidation sites excluding steroid dienone is 3. The van der Waals surface area contributed by atoms with Gasteiger partial charge in [-0.25, -0.2) is 4.79 Å². The number of benzene rings is 1. The SMILES string of the molecule is COc1cc(C(C)C)ccc1/C(C)=C/C=C/C(=O)O. The normalized spacial score (nSPS) is 12.2. The molecule has 0 amide bonds. The van der Waals surface area contributed by atoms with Crippen molar-refractivity contribution >= 4 is 11.5 Å². The zero-order valence-corrected chi connectivity index (χ0v) is 11.8. The molecule has 19 heavy (non-hydrogen) atoms. The van der Waals surface area contributed by atoms with E-state index in [1.807, 2.05) is 19.1 Å². The average molecular weight is 260 g/mol. The summed E-state index contributed by atoms with van der Waals surface area (Å²) in [5.41, 5.74) is 3.15. The minimum Gasteiger partial charge on any atom is -0.496 e. The Morgan fingerprint density at radius 3 is 2.58 bits per heavy atom. The maximum Gasteiger partial charge on any atom is 0.328 e. The van der Waals surface area contributed by atoms with Crippen molar-refractivity contribution in [3.8, 4) is 5.75 Å². The summed E-state index contributed by atoms with van der Waals surface area (Å²) in [5, 5.41) is 8.55. The van der Waals surface area contributed by atoms with Gasteiger partial charge < -0.3 is 9.84 Å². The number of hydrogen-bond donors (Lipinski definition) is 1. The highest BCUT2D eigenvalue weighted by Crippen LogP contribution is 2.29. The lowest BCUT2D eigenvalue weighted by molar-refractivity contribution is -0.131. The second kappa shape index (κ2) is 6.78. The smallest absolute Gasteiger partial charge is 0.328 e. The molecule has 0 unspecified atom stereocenters. The number of carbonyl (C=O) groups is 1. The van der Waals surface area contributed by atoms with Crippen molar-refractivity contribution in [2.75, 3.05) is 7.11 Å². The molecule has 0 aliphatic heterocycles. The zero-order chi connectivity index (χ0) is 14.4. The minimum atomic E-state index is -0.953. The minimum absolute atomic E-state index is 0.444. The molecule has 0 aliphatic rings. The van der Waals surface area contributed by atoms with Gasteiger partial charge in [-0.2, -0.15) is 0 Å². The Bertz CT molecular complexity index is 511. The fourth-order valence-electron chi connectivity index (χ4n) is 1.76. The molecule has 1 aromatic carbocycles. The summed E-state index contributed by atoms with van der Waals surface area (Å²) in [7, 11) is 1.64. The largest absolute Gasteiger partial charge is 0.496 e. The summed E-state index contributed by atoms with van der Waals surface area (Å²) in [6.45, 7) is 6.19. The van der Waals surface area contributed by atoms with Crippen LogP contribution in [0.1, 0.15) is 37.8 Å². The van der Waals surface area contributed by atoms with Gasteiger partial charge in [0.05, 0.1) is 7.11 Å². The molecule has 0 bridgehead atoms. The number of rotatable bonds is 5. The molecule has 1 aromatic rings. The van der Waals surface area contributed by atoms with Crippen LogP contribution in [0.15, 0.2) is 36.4 Å². The summed E-state index contributed by atoms with van der Waals surface area (Å²) < 4.78 is 5.40. The fourth-order valence-corrected chi connectivity index (χ4v) is 1.76. The van der Waals surface area contributed by atoms with Crippen LogP contribution in [-0.2, 0) is 4.79 Å². The Morgan fingerprint density at radius 2 is 2.05 bits per heavy atom. The predicted octanol–water partition coefficient (Wildman–Crippen LogP) is 3.86. The first-order valence-corrected chi connectivity index (χ1v) is 6.22. The Kier molecular flexibility index (Phi) is 5.37. The first-order valence-electron chi connectivity index (χ1n) is 6.22. The maximum absolute atomic E-state index is 10.4. The molecular weight excluding hydrogens is 240 g/mol. The number of ether oxygens (including phenoxy) is 1. The third kappa shape index (κ3) is 4.28. The molecule has 0 atom stereocenters. The van der Waals surface area contributed by atoms with Crippen LogP contribution in [0.2, 0.25) is 0 Å². The molecule has 0 aromatic heterocycles. The van der Waals surface area contributed by atoms with E-state index in [1.165, 1.54) is 11.6 Å². The van der Waals surface area contributed by atoms with Gasteiger partial charge in [0.2, 0.25) is 0 Å². The third-order valence-electron chi connectivity index (χ3n) is 2.90. The first kappa shape index (κ1) is 15.0. The van der Waals surface area contributed by atoms with Gasteiger partial charge >= 0.3 is 5.97 Å². The lowest BCUT2D eigenvalue weighted by Gasteiger charge is -2.12. The Hall–Kier alpha value is -2.03. The molecule has 0 spiro atoms. The van der Waals surface area contributed by atoms with E-state index in [4.69, 9.17) is 9.84 Å². The van der Waals surface area contributed by atoms with E-state index in [1.54, 1.807) is 13.2 Å². The molecule has 3 heteroatoms. The van der Waals surface area contributed by atoms with Crippen molar-refractivity contribution in [3.05, 3.63) is 47.6 Å². The van der Waals surface area contributed by atoms with Crippen molar-refractivity contribution in [1.82, 2.24) is 0 Å². The summed E-state index contributed by atoms with van der Waals surface area (Å²) in [6.07, 6.45) is 4.40. The number of carboxylic acid groups (broad SMARTS) is 1. The monoisotopic (exact) mass is 260 g/mol. The van der Waals surface area contributed by atoms with Gasteiger partial charge in [-0.1, -0.05) is 38.1 Å². The Labute approximate surface area is 114 Å². The number of carboxylic acids is 1. The highest BCUT2D eigenvalue weighted by atomic mass is 16.5. The summed E-state index contributed by atoms with van der Waals surface area (Å²) >= 11 is 0. The molecule has 0 aliphatic carbocycles. The van der Waals surface area contributed by atoms with Crippen LogP contribution >= 0.6 is 0 Å². The molecule has 1 N–H and O–H groups in total. The van der Waals surface area contributed by atoms with Crippen molar-refractivity contribution in [1.29, 1.82) is 0 Å². The summed E-state index contributed by atoms with van der Waals surface area (Å²) in [4.78, 5) is 10.4. The van der Waals surface area contributed by atoms with Crippen molar-refractivity contribution < 1.29 is 14.6 Å². The summed E-state index contributed by atoms with van der Waals surface area (Å²) in [6, 6.07) is 6.10. The highest BCUT2D eigenvalue weighted by Gasteiger charge is 2.07. The van der Waals surface area contributed by atoms with E-state index in [0.717, 1.165) is 23.0 Å². The lowest BCUT2D eigenvalue weighted by atomic mass is 9.98. The molecule has 0 fully saturated rings. The van der Waals surface area contributed by atoms with Gasteiger partial charge in [0.15, 0.2) is 0 Å². The predicted molar refractivity (Wildman–Crippen MR) is 77.5 cm³/mol. The van der Waals surface area contributed by atoms with Crippen LogP contribution in [0.3, 0.4) is 0 Å². The Balaban J connectivity index is 3.09. The molecule has 1 rings (SSSR count). The second-order valence-electron chi connectivity index (χ2n) is 4.66. The van der Waals surface area contributed by atoms with Gasteiger partial charge in [-0.05, 0) is 30.0 Å². The van der Waals surface area contributed by atoms with Gasteiger partial charge in [-0.3, -0.25) is 0 Å². The highest BCUT2D eigenvalue weighted by molar-refractivity contribution is 5.81. The van der Waals surface area contributed by atoms with Crippen LogP contribution < -0.4 is 4.74 Å². The first-order chi connectivity index (χ1) is 8.95. The molecule has 3 nitrogen and oxygen atoms in total. The van der Waals surface area contributed by atoms with Crippen molar-refractivity contribution in [3.63, 3.8) is 0 Å². The topological polar surface area (TPSA) is 46.5 Å². The van der Waals surface area contributed by atoms with Gasteiger partial charge in [-0.15, -0.1) is 0 Å². The lowest BCUT2D eigenvalue weighted by Crippen LogP contribution is -1.94. The van der Waals surface area contributed by atoms with Crippen LogP contribution in [0.5, 0.6) is 5.75 Å². The van der Waals surface area contributed by atoms with E-state index in [-0.39, 0.29) is 0 Å². The van der Waals surface area contributed by atoms with E-state index >= 15 is 0 Å². The van der Waals surface area contributed by atoms with Gasteiger partial charge in [0.25, 0.3) is 0 Å². The molecule has 102 valence electrons. The fraction of sp³-hybridized carbons (Fsp3) is 0.312. The molecule has 0 saturated carbocycles. The van der Waals surface area contributed by atoms with Crippen LogP contribution in [0.4, 0.5) is 0 Å². The molecule has 0 heterocycles. The second-order valence-corrected chi connectivity index (χ2v) is 4.66. The maximum atomic E-state index is 10.4. The van der Waals surface area contributed by atoms with Crippen molar-refractivity contribution in [2.24, 2.45) is 0 Å². The Morgan fingerprint density at radius 1 is 1.37 bits per heavy atom. The van der Waals surface area contributed by atoms with Gasteiger partial charge in [0.1, 0.15) is 5.75 Å². The zero-order valence-electron chi connectivity index (χ0n) is 11.8. The summed E-state index contributed by atoms with van der Waals surface area (Å²) in [5.74, 6) is 0.300. The van der Waals surface area contributed by atoms with E-state index in [9.17, 15) is 4.79 Å². The standard InChI is InChI=1S/C16H20O3/c1-11(2)13-8-9-14(15(10-13)19-4)12(3)6-5-7-16(17)18/h5-11H,1-4H3,(H,17,18)/b7-5+,12-6+. The molecule has 0 radical (unpaired) electrons. The number of hydrogen-bond acceptors (Lipinski definition) is 2. The van der Waals surface area contributed by atoms with Crippen LogP contribution in [-0.4, -0.2) is 18.2 Å².